The number of ether oxygens (including phenoxy) is 2. The normalized spacial score (nSPS) is 10.3. The third-order valence-electron chi connectivity index (χ3n) is 2.65. The van der Waals surface area contributed by atoms with Gasteiger partial charge in [-0.25, -0.2) is 4.39 Å². The molecule has 0 spiro atoms. The lowest BCUT2D eigenvalue weighted by Gasteiger charge is -2.08. The average Bonchev–Trinajstić information content (AvgIpc) is 2.48. The van der Waals surface area contributed by atoms with E-state index in [0.717, 1.165) is 13.0 Å². The molecular formula is C14H17FN4O2. The topological polar surface area (TPSA) is 69.2 Å². The van der Waals surface area contributed by atoms with Crippen molar-refractivity contribution in [2.45, 2.75) is 20.3 Å². The van der Waals surface area contributed by atoms with Crippen molar-refractivity contribution in [3.63, 3.8) is 0 Å². The molecule has 0 radical (unpaired) electrons. The summed E-state index contributed by atoms with van der Waals surface area (Å²) < 4.78 is 23.8. The number of rotatable bonds is 6. The molecule has 0 bridgehead atoms. The van der Waals surface area contributed by atoms with Crippen LogP contribution >= 0.6 is 0 Å². The molecule has 1 N–H and O–H groups in total. The van der Waals surface area contributed by atoms with Gasteiger partial charge in [-0.3, -0.25) is 0 Å². The number of methoxy groups -OCH3 is 1. The van der Waals surface area contributed by atoms with E-state index in [-0.39, 0.29) is 17.8 Å². The van der Waals surface area contributed by atoms with Crippen molar-refractivity contribution < 1.29 is 13.9 Å². The van der Waals surface area contributed by atoms with E-state index in [0.29, 0.717) is 17.3 Å². The van der Waals surface area contributed by atoms with Gasteiger partial charge in [0.25, 0.3) is 0 Å². The highest BCUT2D eigenvalue weighted by Crippen LogP contribution is 2.22. The Kier molecular flexibility index (Phi) is 4.86. The highest BCUT2D eigenvalue weighted by atomic mass is 19.1. The number of hydrogen-bond acceptors (Lipinski definition) is 6. The molecule has 0 unspecified atom stereocenters. The van der Waals surface area contributed by atoms with E-state index in [4.69, 9.17) is 9.47 Å². The van der Waals surface area contributed by atoms with Crippen LogP contribution in [0, 0.1) is 12.7 Å². The van der Waals surface area contributed by atoms with Gasteiger partial charge in [-0.2, -0.15) is 9.97 Å². The van der Waals surface area contributed by atoms with Crippen molar-refractivity contribution in [3.05, 3.63) is 29.6 Å². The third-order valence-corrected chi connectivity index (χ3v) is 2.65. The first kappa shape index (κ1) is 15.0. The smallest absolute Gasteiger partial charge is 0.330 e. The Morgan fingerprint density at radius 2 is 1.95 bits per heavy atom. The van der Waals surface area contributed by atoms with Gasteiger partial charge in [-0.05, 0) is 37.1 Å². The maximum atomic E-state index is 13.2. The summed E-state index contributed by atoms with van der Waals surface area (Å²) in [5.74, 6) is 0.530. The Bertz CT molecular complexity index is 622. The predicted octanol–water partition coefficient (Wildman–Crippen LogP) is 2.94. The van der Waals surface area contributed by atoms with Gasteiger partial charge in [-0.1, -0.05) is 6.92 Å². The van der Waals surface area contributed by atoms with Gasteiger partial charge in [0.05, 0.1) is 7.11 Å². The second-order valence-electron chi connectivity index (χ2n) is 4.37. The largest absolute Gasteiger partial charge is 0.467 e. The Balaban J connectivity index is 2.23. The lowest BCUT2D eigenvalue weighted by molar-refractivity contribution is 0.360. The van der Waals surface area contributed by atoms with Gasteiger partial charge >= 0.3 is 12.0 Å². The summed E-state index contributed by atoms with van der Waals surface area (Å²) in [6.07, 6.45) is 0.932. The monoisotopic (exact) mass is 292 g/mol. The molecule has 0 aliphatic rings. The molecule has 0 amide bonds. The summed E-state index contributed by atoms with van der Waals surface area (Å²) >= 11 is 0. The minimum absolute atomic E-state index is 0.0893. The molecular weight excluding hydrogens is 275 g/mol. The third kappa shape index (κ3) is 4.01. The minimum atomic E-state index is -0.291. The lowest BCUT2D eigenvalue weighted by atomic mass is 10.2. The fourth-order valence-electron chi connectivity index (χ4n) is 1.58. The molecule has 0 fully saturated rings. The molecule has 2 rings (SSSR count). The standard InChI is InChI=1S/C14H17FN4O2/c1-4-7-16-12-17-13(20-3)19-14(18-12)21-10-5-6-11(15)9(2)8-10/h5-6,8H,4,7H2,1-3H3,(H,16,17,18,19). The molecule has 21 heavy (non-hydrogen) atoms. The highest BCUT2D eigenvalue weighted by Gasteiger charge is 2.09. The second kappa shape index (κ2) is 6.83. The van der Waals surface area contributed by atoms with E-state index in [2.05, 4.69) is 20.3 Å². The number of aromatic nitrogens is 3. The van der Waals surface area contributed by atoms with Crippen LogP contribution in [0.25, 0.3) is 0 Å². The van der Waals surface area contributed by atoms with Gasteiger partial charge in [0.2, 0.25) is 5.95 Å². The number of benzene rings is 1. The summed E-state index contributed by atoms with van der Waals surface area (Å²) in [6.45, 7) is 4.41. The molecule has 0 atom stereocenters. The Hall–Kier alpha value is -2.44. The quantitative estimate of drug-likeness (QED) is 0.882. The van der Waals surface area contributed by atoms with Crippen LogP contribution in [0.1, 0.15) is 18.9 Å². The van der Waals surface area contributed by atoms with E-state index >= 15 is 0 Å². The summed E-state index contributed by atoms with van der Waals surface area (Å²) in [5, 5.41) is 3.03. The fourth-order valence-corrected chi connectivity index (χ4v) is 1.58. The van der Waals surface area contributed by atoms with Crippen LogP contribution < -0.4 is 14.8 Å². The van der Waals surface area contributed by atoms with Gasteiger partial charge in [0, 0.05) is 6.54 Å². The molecule has 7 heteroatoms. The van der Waals surface area contributed by atoms with Crippen LogP contribution in [-0.2, 0) is 0 Å². The van der Waals surface area contributed by atoms with Gasteiger partial charge in [0.1, 0.15) is 11.6 Å². The molecule has 1 aromatic carbocycles. The van der Waals surface area contributed by atoms with Gasteiger partial charge in [0.15, 0.2) is 0 Å². The molecule has 0 saturated heterocycles. The maximum absolute atomic E-state index is 13.2. The van der Waals surface area contributed by atoms with Crippen LogP contribution in [0.15, 0.2) is 18.2 Å². The summed E-state index contributed by atoms with van der Waals surface area (Å²) in [4.78, 5) is 12.2. The Morgan fingerprint density at radius 1 is 1.19 bits per heavy atom. The maximum Gasteiger partial charge on any atom is 0.330 e. The van der Waals surface area contributed by atoms with Gasteiger partial charge in [-0.15, -0.1) is 4.98 Å². The van der Waals surface area contributed by atoms with E-state index in [1.165, 1.54) is 19.2 Å². The van der Waals surface area contributed by atoms with Crippen molar-refractivity contribution in [1.29, 1.82) is 0 Å². The zero-order valence-corrected chi connectivity index (χ0v) is 12.2. The van der Waals surface area contributed by atoms with Crippen LogP contribution in [0.4, 0.5) is 10.3 Å². The van der Waals surface area contributed by atoms with Crippen molar-refractivity contribution >= 4 is 5.95 Å². The Morgan fingerprint density at radius 3 is 2.62 bits per heavy atom. The summed E-state index contributed by atoms with van der Waals surface area (Å²) in [7, 11) is 1.46. The van der Waals surface area contributed by atoms with Crippen molar-refractivity contribution in [2.24, 2.45) is 0 Å². The SMILES string of the molecule is CCCNc1nc(OC)nc(Oc2ccc(F)c(C)c2)n1. The second-order valence-corrected chi connectivity index (χ2v) is 4.37. The summed E-state index contributed by atoms with van der Waals surface area (Å²) in [5.41, 5.74) is 0.484. The summed E-state index contributed by atoms with van der Waals surface area (Å²) in [6, 6.07) is 4.66. The van der Waals surface area contributed by atoms with Gasteiger partial charge < -0.3 is 14.8 Å². The van der Waals surface area contributed by atoms with E-state index < -0.39 is 0 Å². The zero-order chi connectivity index (χ0) is 15.2. The van der Waals surface area contributed by atoms with E-state index in [1.54, 1.807) is 13.0 Å². The lowest BCUT2D eigenvalue weighted by Crippen LogP contribution is -2.07. The Labute approximate surface area is 122 Å². The van der Waals surface area contributed by atoms with Crippen molar-refractivity contribution in [2.75, 3.05) is 19.0 Å². The molecule has 1 aromatic heterocycles. The highest BCUT2D eigenvalue weighted by molar-refractivity contribution is 5.33. The van der Waals surface area contributed by atoms with Crippen molar-refractivity contribution in [1.82, 2.24) is 15.0 Å². The zero-order valence-electron chi connectivity index (χ0n) is 12.2. The first-order valence-electron chi connectivity index (χ1n) is 6.60. The van der Waals surface area contributed by atoms with E-state index in [9.17, 15) is 4.39 Å². The number of halogens is 1. The minimum Gasteiger partial charge on any atom is -0.467 e. The molecule has 0 aliphatic carbocycles. The number of nitrogens with zero attached hydrogens (tertiary/aromatic N) is 3. The molecule has 0 saturated carbocycles. The van der Waals surface area contributed by atoms with Crippen LogP contribution in [-0.4, -0.2) is 28.6 Å². The number of nitrogens with one attached hydrogen (secondary N) is 1. The van der Waals surface area contributed by atoms with E-state index in [1.807, 2.05) is 6.92 Å². The number of aryl methyl sites for hydroxylation is 1. The number of hydrogen-bond donors (Lipinski definition) is 1. The fraction of sp³-hybridized carbons (Fsp3) is 0.357. The first-order valence-corrected chi connectivity index (χ1v) is 6.60. The van der Waals surface area contributed by atoms with Crippen molar-refractivity contribution in [3.8, 4) is 17.8 Å². The van der Waals surface area contributed by atoms with Crippen LogP contribution in [0.3, 0.4) is 0 Å². The average molecular weight is 292 g/mol. The molecule has 112 valence electrons. The predicted molar refractivity (Wildman–Crippen MR) is 76.4 cm³/mol. The van der Waals surface area contributed by atoms with Crippen LogP contribution in [0.5, 0.6) is 17.8 Å². The molecule has 0 aliphatic heterocycles. The molecule has 1 heterocycles. The number of anilines is 1. The first-order chi connectivity index (χ1) is 10.1. The van der Waals surface area contributed by atoms with Crippen LogP contribution in [0.2, 0.25) is 0 Å². The molecule has 6 nitrogen and oxygen atoms in total. The molecule has 2 aromatic rings.